The molecule has 2 rings (SSSR count). The largest absolute Gasteiger partial charge is 0.508 e. The van der Waals surface area contributed by atoms with Gasteiger partial charge in [-0.25, -0.2) is 0 Å². The summed E-state index contributed by atoms with van der Waals surface area (Å²) in [5, 5.41) is 22.1. The molecule has 0 amide bonds. The number of phenols is 1. The molecule has 0 saturated heterocycles. The Morgan fingerprint density at radius 2 is 1.78 bits per heavy atom. The van der Waals surface area contributed by atoms with E-state index in [-0.39, 0.29) is 18.4 Å². The molecule has 0 heterocycles. The second kappa shape index (κ2) is 6.19. The molecule has 0 aliphatic rings. The van der Waals surface area contributed by atoms with Crippen molar-refractivity contribution in [3.63, 3.8) is 0 Å². The molecule has 18 heavy (non-hydrogen) atoms. The summed E-state index contributed by atoms with van der Waals surface area (Å²) in [7, 11) is 0. The molecular formula is C15H17NO2. The van der Waals surface area contributed by atoms with Crippen LogP contribution in [0.15, 0.2) is 54.6 Å². The van der Waals surface area contributed by atoms with Gasteiger partial charge < -0.3 is 15.5 Å². The van der Waals surface area contributed by atoms with Crippen LogP contribution in [-0.2, 0) is 6.54 Å². The Hall–Kier alpha value is -1.84. The summed E-state index contributed by atoms with van der Waals surface area (Å²) in [5.41, 5.74) is 2.05. The fourth-order valence-corrected chi connectivity index (χ4v) is 1.87. The maximum atomic E-state index is 9.43. The van der Waals surface area contributed by atoms with Crippen molar-refractivity contribution in [3.8, 4) is 5.75 Å². The molecule has 2 aromatic rings. The molecule has 0 fully saturated rings. The van der Waals surface area contributed by atoms with E-state index in [9.17, 15) is 10.2 Å². The van der Waals surface area contributed by atoms with Crippen LogP contribution in [0.1, 0.15) is 17.2 Å². The van der Waals surface area contributed by atoms with Crippen molar-refractivity contribution >= 4 is 0 Å². The molecule has 0 aliphatic heterocycles. The topological polar surface area (TPSA) is 52.5 Å². The molecule has 3 heteroatoms. The molecule has 94 valence electrons. The minimum atomic E-state index is -0.169. The maximum absolute atomic E-state index is 9.43. The Kier molecular flexibility index (Phi) is 4.34. The van der Waals surface area contributed by atoms with Crippen LogP contribution >= 0.6 is 0 Å². The number of rotatable bonds is 5. The summed E-state index contributed by atoms with van der Waals surface area (Å²) in [6, 6.07) is 16.8. The molecule has 0 aliphatic carbocycles. The van der Waals surface area contributed by atoms with Gasteiger partial charge in [-0.3, -0.25) is 0 Å². The molecule has 0 saturated carbocycles. The summed E-state index contributed by atoms with van der Waals surface area (Å²) >= 11 is 0. The summed E-state index contributed by atoms with van der Waals surface area (Å²) in [6.45, 7) is 0.679. The molecule has 0 spiro atoms. The van der Waals surface area contributed by atoms with Crippen molar-refractivity contribution < 1.29 is 10.2 Å². The van der Waals surface area contributed by atoms with Crippen molar-refractivity contribution in [2.24, 2.45) is 0 Å². The Balaban J connectivity index is 2.02. The van der Waals surface area contributed by atoms with Gasteiger partial charge in [0.25, 0.3) is 0 Å². The molecular weight excluding hydrogens is 226 g/mol. The molecule has 1 atom stereocenters. The van der Waals surface area contributed by atoms with Crippen molar-refractivity contribution in [3.05, 3.63) is 65.7 Å². The third-order valence-electron chi connectivity index (χ3n) is 2.85. The van der Waals surface area contributed by atoms with Crippen LogP contribution in [0.3, 0.4) is 0 Å². The quantitative estimate of drug-likeness (QED) is 0.754. The van der Waals surface area contributed by atoms with Gasteiger partial charge in [0.2, 0.25) is 0 Å². The Labute approximate surface area is 107 Å². The van der Waals surface area contributed by atoms with Crippen molar-refractivity contribution in [1.82, 2.24) is 5.32 Å². The third-order valence-corrected chi connectivity index (χ3v) is 2.85. The summed E-state index contributed by atoms with van der Waals surface area (Å²) in [4.78, 5) is 0. The number of hydrogen-bond donors (Lipinski definition) is 3. The Bertz CT molecular complexity index is 485. The van der Waals surface area contributed by atoms with Crippen molar-refractivity contribution in [1.29, 1.82) is 0 Å². The zero-order valence-corrected chi connectivity index (χ0v) is 10.1. The van der Waals surface area contributed by atoms with Gasteiger partial charge in [-0.2, -0.15) is 0 Å². The van der Waals surface area contributed by atoms with Crippen LogP contribution < -0.4 is 5.32 Å². The highest BCUT2D eigenvalue weighted by atomic mass is 16.3. The van der Waals surface area contributed by atoms with Crippen molar-refractivity contribution in [2.75, 3.05) is 6.61 Å². The van der Waals surface area contributed by atoms with E-state index in [1.54, 1.807) is 18.2 Å². The highest BCUT2D eigenvalue weighted by Gasteiger charge is 2.09. The zero-order valence-electron chi connectivity index (χ0n) is 10.1. The predicted molar refractivity (Wildman–Crippen MR) is 71.2 cm³/mol. The van der Waals surface area contributed by atoms with E-state index < -0.39 is 0 Å². The summed E-state index contributed by atoms with van der Waals surface area (Å²) in [5.74, 6) is 0.215. The van der Waals surface area contributed by atoms with Crippen LogP contribution in [0.2, 0.25) is 0 Å². The van der Waals surface area contributed by atoms with Gasteiger partial charge in [0.15, 0.2) is 0 Å². The van der Waals surface area contributed by atoms with E-state index >= 15 is 0 Å². The lowest BCUT2D eigenvalue weighted by atomic mass is 10.1. The minimum absolute atomic E-state index is 0.00368. The van der Waals surface area contributed by atoms with Crippen molar-refractivity contribution in [2.45, 2.75) is 12.6 Å². The van der Waals surface area contributed by atoms with E-state index in [4.69, 9.17) is 0 Å². The van der Waals surface area contributed by atoms with E-state index in [0.717, 1.165) is 11.1 Å². The van der Waals surface area contributed by atoms with E-state index in [1.807, 2.05) is 36.4 Å². The summed E-state index contributed by atoms with van der Waals surface area (Å²) in [6.07, 6.45) is 0. The molecule has 1 unspecified atom stereocenters. The Morgan fingerprint density at radius 1 is 1.00 bits per heavy atom. The van der Waals surface area contributed by atoms with Gasteiger partial charge in [-0.15, -0.1) is 0 Å². The van der Waals surface area contributed by atoms with Gasteiger partial charge in [0, 0.05) is 6.54 Å². The van der Waals surface area contributed by atoms with Gasteiger partial charge in [0.1, 0.15) is 5.75 Å². The number of aliphatic hydroxyl groups excluding tert-OH is 1. The van der Waals surface area contributed by atoms with Gasteiger partial charge >= 0.3 is 0 Å². The lowest BCUT2D eigenvalue weighted by Crippen LogP contribution is -2.23. The third kappa shape index (κ3) is 3.32. The van der Waals surface area contributed by atoms with Crippen LogP contribution in [0.5, 0.6) is 5.75 Å². The van der Waals surface area contributed by atoms with Gasteiger partial charge in [-0.1, -0.05) is 42.5 Å². The van der Waals surface area contributed by atoms with Crippen LogP contribution in [0, 0.1) is 0 Å². The lowest BCUT2D eigenvalue weighted by molar-refractivity contribution is 0.243. The van der Waals surface area contributed by atoms with E-state index in [2.05, 4.69) is 5.32 Å². The predicted octanol–water partition coefficient (Wildman–Crippen LogP) is 2.22. The maximum Gasteiger partial charge on any atom is 0.115 e. The smallest absolute Gasteiger partial charge is 0.115 e. The van der Waals surface area contributed by atoms with Crippen LogP contribution in [0.4, 0.5) is 0 Å². The zero-order chi connectivity index (χ0) is 12.8. The van der Waals surface area contributed by atoms with Gasteiger partial charge in [0.05, 0.1) is 12.6 Å². The number of phenolic OH excluding ortho intramolecular Hbond substituents is 1. The molecule has 2 aromatic carbocycles. The van der Waals surface area contributed by atoms with Gasteiger partial charge in [-0.05, 0) is 23.3 Å². The number of hydrogen-bond acceptors (Lipinski definition) is 3. The number of aliphatic hydroxyl groups is 1. The number of aromatic hydroxyl groups is 1. The monoisotopic (exact) mass is 243 g/mol. The van der Waals surface area contributed by atoms with Crippen LogP contribution in [0.25, 0.3) is 0 Å². The van der Waals surface area contributed by atoms with E-state index in [1.165, 1.54) is 0 Å². The fourth-order valence-electron chi connectivity index (χ4n) is 1.87. The minimum Gasteiger partial charge on any atom is -0.508 e. The van der Waals surface area contributed by atoms with Crippen LogP contribution in [-0.4, -0.2) is 16.8 Å². The lowest BCUT2D eigenvalue weighted by Gasteiger charge is -2.17. The number of benzene rings is 2. The highest BCUT2D eigenvalue weighted by molar-refractivity contribution is 5.29. The normalized spacial score (nSPS) is 12.3. The first-order chi connectivity index (χ1) is 8.79. The molecule has 3 nitrogen and oxygen atoms in total. The SMILES string of the molecule is OCC(NCc1ccccc1)c1cccc(O)c1. The average molecular weight is 243 g/mol. The first kappa shape index (κ1) is 12.6. The molecule has 3 N–H and O–H groups in total. The van der Waals surface area contributed by atoms with E-state index in [0.29, 0.717) is 6.54 Å². The summed E-state index contributed by atoms with van der Waals surface area (Å²) < 4.78 is 0. The average Bonchev–Trinajstić information content (AvgIpc) is 2.41. The second-order valence-electron chi connectivity index (χ2n) is 4.20. The number of nitrogens with one attached hydrogen (secondary N) is 1. The highest BCUT2D eigenvalue weighted by Crippen LogP contribution is 2.18. The molecule has 0 bridgehead atoms. The molecule has 0 radical (unpaired) electrons. The fraction of sp³-hybridized carbons (Fsp3) is 0.200. The Morgan fingerprint density at radius 3 is 2.44 bits per heavy atom. The standard InChI is InChI=1S/C15H17NO2/c17-11-15(13-7-4-8-14(18)9-13)16-10-12-5-2-1-3-6-12/h1-9,15-18H,10-11H2. The first-order valence-corrected chi connectivity index (χ1v) is 5.96. The first-order valence-electron chi connectivity index (χ1n) is 5.96. The second-order valence-corrected chi connectivity index (χ2v) is 4.20. The molecule has 0 aromatic heterocycles.